The molecule has 2 unspecified atom stereocenters. The van der Waals surface area contributed by atoms with E-state index >= 15 is 0 Å². The number of halogens is 3. The van der Waals surface area contributed by atoms with Gasteiger partial charge in [0.2, 0.25) is 0 Å². The Morgan fingerprint density at radius 3 is 2.44 bits per heavy atom. The van der Waals surface area contributed by atoms with Crippen LogP contribution in [-0.2, 0) is 17.1 Å². The van der Waals surface area contributed by atoms with Gasteiger partial charge in [-0.2, -0.15) is 13.2 Å². The van der Waals surface area contributed by atoms with E-state index in [1.807, 2.05) is 0 Å². The predicted octanol–water partition coefficient (Wildman–Crippen LogP) is 2.56. The zero-order valence-corrected chi connectivity index (χ0v) is 10.5. The van der Waals surface area contributed by atoms with E-state index in [1.54, 1.807) is 13.1 Å². The van der Waals surface area contributed by atoms with Crippen LogP contribution in [0.15, 0.2) is 18.3 Å². The lowest BCUT2D eigenvalue weighted by Gasteiger charge is -2.10. The van der Waals surface area contributed by atoms with E-state index in [-0.39, 0.29) is 0 Å². The van der Waals surface area contributed by atoms with Gasteiger partial charge in [0.05, 0.1) is 0 Å². The SMILES string of the molecule is CC(c1ccc(C(F)(F)F)nc1)[N+](C#N)=S(C)O. The molecule has 0 aliphatic rings. The summed E-state index contributed by atoms with van der Waals surface area (Å²) in [5.74, 6) is 0. The lowest BCUT2D eigenvalue weighted by atomic mass is 10.1. The summed E-state index contributed by atoms with van der Waals surface area (Å²) in [4.78, 5) is 3.31. The summed E-state index contributed by atoms with van der Waals surface area (Å²) in [5.41, 5.74) is -0.556. The second-order valence-corrected chi connectivity index (χ2v) is 4.81. The van der Waals surface area contributed by atoms with Crippen LogP contribution in [0.1, 0.15) is 24.2 Å². The Morgan fingerprint density at radius 1 is 1.50 bits per heavy atom. The molecule has 8 heteroatoms. The van der Waals surface area contributed by atoms with E-state index in [0.717, 1.165) is 16.2 Å². The average Bonchev–Trinajstić information content (AvgIpc) is 2.28. The number of rotatable bonds is 2. The highest BCUT2D eigenvalue weighted by Gasteiger charge is 2.32. The van der Waals surface area contributed by atoms with Crippen LogP contribution in [0.3, 0.4) is 0 Å². The first-order chi connectivity index (χ1) is 8.27. The fourth-order valence-electron chi connectivity index (χ4n) is 1.33. The number of pyridine rings is 1. The molecule has 0 bridgehead atoms. The summed E-state index contributed by atoms with van der Waals surface area (Å²) in [6, 6.07) is 1.56. The fraction of sp³-hybridized carbons (Fsp3) is 0.400. The number of nitrogens with zero attached hydrogens (tertiary/aromatic N) is 3. The number of nitriles is 1. The second-order valence-electron chi connectivity index (χ2n) is 3.52. The quantitative estimate of drug-likeness (QED) is 0.514. The van der Waals surface area contributed by atoms with E-state index in [4.69, 9.17) is 5.26 Å². The maximum Gasteiger partial charge on any atom is 0.468 e. The average molecular weight is 278 g/mol. The summed E-state index contributed by atoms with van der Waals surface area (Å²) in [7, 11) is -1.28. The Hall–Kier alpha value is -1.46. The molecule has 1 aromatic heterocycles. The van der Waals surface area contributed by atoms with Crippen LogP contribution in [0.25, 0.3) is 0 Å². The third kappa shape index (κ3) is 3.27. The molecule has 18 heavy (non-hydrogen) atoms. The van der Waals surface area contributed by atoms with Crippen molar-refractivity contribution in [1.82, 2.24) is 4.98 Å². The fourth-order valence-corrected chi connectivity index (χ4v) is 2.03. The van der Waals surface area contributed by atoms with Gasteiger partial charge >= 0.3 is 12.4 Å². The maximum absolute atomic E-state index is 12.3. The molecule has 0 amide bonds. The Bertz CT molecular complexity index is 501. The molecule has 0 saturated heterocycles. The van der Waals surface area contributed by atoms with Crippen molar-refractivity contribution in [3.8, 4) is 6.19 Å². The van der Waals surface area contributed by atoms with Crippen molar-refractivity contribution in [3.05, 3.63) is 29.6 Å². The van der Waals surface area contributed by atoms with Crippen LogP contribution in [-0.4, -0.2) is 19.7 Å². The smallest absolute Gasteiger partial charge is 0.306 e. The van der Waals surface area contributed by atoms with Crippen LogP contribution < -0.4 is 0 Å². The topological polar surface area (TPSA) is 59.9 Å². The van der Waals surface area contributed by atoms with Gasteiger partial charge in [0.1, 0.15) is 22.7 Å². The zero-order chi connectivity index (χ0) is 13.9. The van der Waals surface area contributed by atoms with Crippen LogP contribution in [0.5, 0.6) is 0 Å². The van der Waals surface area contributed by atoms with Crippen molar-refractivity contribution in [3.63, 3.8) is 0 Å². The lowest BCUT2D eigenvalue weighted by Crippen LogP contribution is -2.16. The van der Waals surface area contributed by atoms with E-state index < -0.39 is 28.9 Å². The monoisotopic (exact) mass is 278 g/mol. The van der Waals surface area contributed by atoms with E-state index in [1.165, 1.54) is 12.3 Å². The van der Waals surface area contributed by atoms with Gasteiger partial charge in [-0.3, -0.25) is 4.98 Å². The molecule has 1 aromatic rings. The molecule has 0 radical (unpaired) electrons. The highest BCUT2D eigenvalue weighted by Crippen LogP contribution is 2.28. The van der Waals surface area contributed by atoms with Crippen molar-refractivity contribution >= 4 is 11.0 Å². The van der Waals surface area contributed by atoms with Crippen molar-refractivity contribution in [2.45, 2.75) is 19.1 Å². The van der Waals surface area contributed by atoms with Crippen LogP contribution in [0.4, 0.5) is 13.2 Å². The van der Waals surface area contributed by atoms with Crippen molar-refractivity contribution < 1.29 is 21.7 Å². The third-order valence-electron chi connectivity index (χ3n) is 2.29. The first-order valence-electron chi connectivity index (χ1n) is 4.84. The predicted molar refractivity (Wildman–Crippen MR) is 59.4 cm³/mol. The van der Waals surface area contributed by atoms with E-state index in [2.05, 4.69) is 4.98 Å². The van der Waals surface area contributed by atoms with Crippen molar-refractivity contribution in [2.24, 2.45) is 0 Å². The van der Waals surface area contributed by atoms with Crippen molar-refractivity contribution in [2.75, 3.05) is 6.26 Å². The van der Waals surface area contributed by atoms with Crippen LogP contribution in [0.2, 0.25) is 0 Å². The summed E-state index contributed by atoms with van der Waals surface area (Å²) in [5, 5.41) is 8.83. The molecule has 98 valence electrons. The molecular formula is C10H11F3N3OS+. The van der Waals surface area contributed by atoms with Gasteiger partial charge < -0.3 is 4.55 Å². The standard InChI is InChI=1S/C10H10F3N3OS/c1-7(16(6-14)18(2)17)8-3-4-9(15-5-8)10(11,12)13/h3-5,7H,1-2H3/p+1. The minimum absolute atomic E-state index is 0.429. The number of aromatic nitrogens is 1. The molecule has 1 rings (SSSR count). The Balaban J connectivity index is 3.08. The molecule has 2 atom stereocenters. The van der Waals surface area contributed by atoms with Gasteiger partial charge in [-0.15, -0.1) is 3.95 Å². The molecule has 4 nitrogen and oxygen atoms in total. The number of hydrogen-bond donors (Lipinski definition) is 1. The highest BCUT2D eigenvalue weighted by atomic mass is 32.2. The lowest BCUT2D eigenvalue weighted by molar-refractivity contribution is -0.463. The Morgan fingerprint density at radius 2 is 2.11 bits per heavy atom. The van der Waals surface area contributed by atoms with Gasteiger partial charge in [-0.05, 0) is 13.0 Å². The largest absolute Gasteiger partial charge is 0.468 e. The third-order valence-corrected chi connectivity index (χ3v) is 3.26. The molecule has 0 spiro atoms. The molecule has 0 aliphatic heterocycles. The number of alkyl halides is 3. The summed E-state index contributed by atoms with van der Waals surface area (Å²) in [6.07, 6.45) is -0.205. The molecule has 0 saturated carbocycles. The zero-order valence-electron chi connectivity index (χ0n) is 9.64. The summed E-state index contributed by atoms with van der Waals surface area (Å²) >= 11 is 0. The van der Waals surface area contributed by atoms with Crippen LogP contribution in [0, 0.1) is 11.5 Å². The normalized spacial score (nSPS) is 15.7. The van der Waals surface area contributed by atoms with E-state index in [0.29, 0.717) is 5.56 Å². The minimum Gasteiger partial charge on any atom is -0.306 e. The van der Waals surface area contributed by atoms with Gasteiger partial charge in [0, 0.05) is 18.0 Å². The Kier molecular flexibility index (Phi) is 4.43. The van der Waals surface area contributed by atoms with Gasteiger partial charge in [0.15, 0.2) is 5.26 Å². The minimum atomic E-state index is -4.48. The van der Waals surface area contributed by atoms with Gasteiger partial charge in [-0.1, -0.05) is 6.07 Å². The first kappa shape index (κ1) is 14.6. The molecule has 0 aromatic carbocycles. The molecule has 0 aliphatic carbocycles. The molecule has 1 heterocycles. The number of hydrogen-bond acceptors (Lipinski definition) is 2. The summed E-state index contributed by atoms with van der Waals surface area (Å²) in [6.45, 7) is 1.60. The van der Waals surface area contributed by atoms with Gasteiger partial charge in [-0.25, -0.2) is 0 Å². The Labute approximate surface area is 105 Å². The summed E-state index contributed by atoms with van der Waals surface area (Å²) < 4.78 is 47.4. The van der Waals surface area contributed by atoms with Crippen molar-refractivity contribution in [1.29, 1.82) is 5.26 Å². The van der Waals surface area contributed by atoms with Crippen LogP contribution >= 0.6 is 0 Å². The first-order valence-corrected chi connectivity index (χ1v) is 6.39. The maximum atomic E-state index is 12.3. The molecule has 1 N–H and O–H groups in total. The molecular weight excluding hydrogens is 267 g/mol. The second kappa shape index (κ2) is 5.46. The highest BCUT2D eigenvalue weighted by molar-refractivity contribution is 7.78. The van der Waals surface area contributed by atoms with E-state index in [9.17, 15) is 17.7 Å². The molecule has 0 fully saturated rings. The van der Waals surface area contributed by atoms with Gasteiger partial charge in [0.25, 0.3) is 0 Å².